The maximum Gasteiger partial charge on any atom is 0.317 e. The molecule has 0 amide bonds. The fourth-order valence-electron chi connectivity index (χ4n) is 2.36. The first-order valence-corrected chi connectivity index (χ1v) is 6.19. The molecule has 0 aromatic heterocycles. The normalized spacial score (nSPS) is 28.1. The van der Waals surface area contributed by atoms with Crippen LogP contribution < -0.4 is 0 Å². The Morgan fingerprint density at radius 2 is 1.87 bits per heavy atom. The van der Waals surface area contributed by atoms with Crippen molar-refractivity contribution < 1.29 is 19.4 Å². The van der Waals surface area contributed by atoms with Gasteiger partial charge in [0.25, 0.3) is 0 Å². The van der Waals surface area contributed by atoms with Gasteiger partial charge in [0.05, 0.1) is 13.2 Å². The quantitative estimate of drug-likeness (QED) is 0.783. The first kappa shape index (κ1) is 11.4. The van der Waals surface area contributed by atoms with Gasteiger partial charge in [-0.05, 0) is 18.8 Å². The van der Waals surface area contributed by atoms with E-state index < -0.39 is 10.8 Å². The molecule has 1 saturated carbocycles. The van der Waals surface area contributed by atoms with Crippen LogP contribution in [0.1, 0.15) is 25.7 Å². The Kier molecular flexibility index (Phi) is 3.33. The summed E-state index contributed by atoms with van der Waals surface area (Å²) in [6.07, 6.45) is 3.32. The van der Waals surface area contributed by atoms with Gasteiger partial charge in [-0.15, -0.1) is 0 Å². The van der Waals surface area contributed by atoms with E-state index in [0.29, 0.717) is 13.2 Å². The number of carboxylic acid groups (broad SMARTS) is 1. The topological polar surface area (TPSA) is 55.8 Å². The van der Waals surface area contributed by atoms with Gasteiger partial charge in [0, 0.05) is 12.8 Å². The summed E-state index contributed by atoms with van der Waals surface area (Å²) in [7, 11) is 0. The van der Waals surface area contributed by atoms with Gasteiger partial charge >= 0.3 is 5.97 Å². The summed E-state index contributed by atoms with van der Waals surface area (Å²) in [5.41, 5.74) is 0. The predicted octanol–water partition coefficient (Wildman–Crippen LogP) is 1.77. The maximum absolute atomic E-state index is 10.8. The second kappa shape index (κ2) is 4.39. The minimum absolute atomic E-state index is 0.195. The molecule has 4 nitrogen and oxygen atoms in total. The zero-order chi connectivity index (χ0) is 10.9. The van der Waals surface area contributed by atoms with Crippen LogP contribution in [-0.2, 0) is 14.3 Å². The number of carbonyl (C=O) groups is 1. The number of aliphatic carboxylic acids is 1. The number of rotatable bonds is 2. The van der Waals surface area contributed by atoms with Crippen LogP contribution in [0.3, 0.4) is 0 Å². The van der Waals surface area contributed by atoms with E-state index in [4.69, 9.17) is 14.6 Å². The number of halogens is 1. The van der Waals surface area contributed by atoms with Crippen LogP contribution in [0.4, 0.5) is 0 Å². The number of ether oxygens (including phenoxy) is 2. The van der Waals surface area contributed by atoms with Crippen LogP contribution in [0.25, 0.3) is 0 Å². The average molecular weight is 279 g/mol. The molecule has 1 aliphatic carbocycles. The maximum atomic E-state index is 10.8. The molecule has 0 unspecified atom stereocenters. The van der Waals surface area contributed by atoms with E-state index in [1.165, 1.54) is 0 Å². The highest BCUT2D eigenvalue weighted by molar-refractivity contribution is 9.10. The summed E-state index contributed by atoms with van der Waals surface area (Å²) in [5, 5.41) is 8.88. The molecule has 2 fully saturated rings. The zero-order valence-corrected chi connectivity index (χ0v) is 10.0. The number of hydrogen-bond donors (Lipinski definition) is 1. The molecule has 1 heterocycles. The molecule has 2 aliphatic rings. The van der Waals surface area contributed by atoms with Crippen molar-refractivity contribution >= 4 is 21.9 Å². The highest BCUT2D eigenvalue weighted by Crippen LogP contribution is 2.40. The van der Waals surface area contributed by atoms with Crippen molar-refractivity contribution in [2.24, 2.45) is 5.92 Å². The summed E-state index contributed by atoms with van der Waals surface area (Å²) in [6, 6.07) is 0. The lowest BCUT2D eigenvalue weighted by atomic mass is 9.83. The van der Waals surface area contributed by atoms with E-state index in [1.54, 1.807) is 0 Å². The van der Waals surface area contributed by atoms with Crippen LogP contribution in [0.15, 0.2) is 0 Å². The fraction of sp³-hybridized carbons (Fsp3) is 0.900. The SMILES string of the molecule is O=C(O)[C@H](Br)C1CCC2(CC1)OCCO2. The van der Waals surface area contributed by atoms with E-state index in [2.05, 4.69) is 15.9 Å². The molecule has 5 heteroatoms. The first-order valence-electron chi connectivity index (χ1n) is 5.28. The molecular weight excluding hydrogens is 264 g/mol. The van der Waals surface area contributed by atoms with Crippen molar-refractivity contribution in [2.75, 3.05) is 13.2 Å². The molecule has 86 valence electrons. The van der Waals surface area contributed by atoms with Gasteiger partial charge in [0.1, 0.15) is 4.83 Å². The lowest BCUT2D eigenvalue weighted by Crippen LogP contribution is -2.38. The Bertz CT molecular complexity index is 240. The number of hydrogen-bond acceptors (Lipinski definition) is 3. The molecule has 1 atom stereocenters. The van der Waals surface area contributed by atoms with Crippen molar-refractivity contribution in [1.29, 1.82) is 0 Å². The molecule has 1 spiro atoms. The van der Waals surface area contributed by atoms with Crippen molar-refractivity contribution in [3.8, 4) is 0 Å². The third-order valence-electron chi connectivity index (χ3n) is 3.26. The minimum Gasteiger partial charge on any atom is -0.480 e. The van der Waals surface area contributed by atoms with Gasteiger partial charge in [0.2, 0.25) is 0 Å². The Morgan fingerprint density at radius 3 is 2.33 bits per heavy atom. The molecule has 1 N–H and O–H groups in total. The van der Waals surface area contributed by atoms with Crippen molar-refractivity contribution in [1.82, 2.24) is 0 Å². The Balaban J connectivity index is 1.89. The molecule has 0 aromatic rings. The van der Waals surface area contributed by atoms with Crippen LogP contribution in [0.2, 0.25) is 0 Å². The number of carboxylic acids is 1. The van der Waals surface area contributed by atoms with Crippen molar-refractivity contribution in [3.05, 3.63) is 0 Å². The lowest BCUT2D eigenvalue weighted by molar-refractivity contribution is -0.183. The van der Waals surface area contributed by atoms with Crippen LogP contribution >= 0.6 is 15.9 Å². The Labute approximate surface area is 97.1 Å². The monoisotopic (exact) mass is 278 g/mol. The van der Waals surface area contributed by atoms with Crippen molar-refractivity contribution in [2.45, 2.75) is 36.3 Å². The molecule has 15 heavy (non-hydrogen) atoms. The van der Waals surface area contributed by atoms with Crippen LogP contribution in [0.5, 0.6) is 0 Å². The molecule has 1 saturated heterocycles. The van der Waals surface area contributed by atoms with Crippen LogP contribution in [0, 0.1) is 5.92 Å². The minimum atomic E-state index is -0.774. The fourth-order valence-corrected chi connectivity index (χ4v) is 2.89. The summed E-state index contributed by atoms with van der Waals surface area (Å²) in [5.74, 6) is -0.966. The molecule has 0 bridgehead atoms. The van der Waals surface area contributed by atoms with Gasteiger partial charge in [-0.3, -0.25) is 4.79 Å². The van der Waals surface area contributed by atoms with Gasteiger partial charge in [-0.1, -0.05) is 15.9 Å². The predicted molar refractivity (Wildman–Crippen MR) is 56.9 cm³/mol. The van der Waals surface area contributed by atoms with Gasteiger partial charge in [0.15, 0.2) is 5.79 Å². The van der Waals surface area contributed by atoms with Gasteiger partial charge in [-0.2, -0.15) is 0 Å². The second-order valence-corrected chi connectivity index (χ2v) is 5.17. The molecular formula is C10H15BrO4. The third kappa shape index (κ3) is 2.34. The standard InChI is InChI=1S/C10H15BrO4/c11-8(9(12)13)7-1-3-10(4-2-7)14-5-6-15-10/h7-8H,1-6H2,(H,12,13)/t8-/m1/s1. The number of alkyl halides is 1. The molecule has 2 rings (SSSR count). The van der Waals surface area contributed by atoms with E-state index >= 15 is 0 Å². The Hall–Kier alpha value is -0.130. The summed E-state index contributed by atoms with van der Waals surface area (Å²) >= 11 is 3.22. The van der Waals surface area contributed by atoms with E-state index in [1.807, 2.05) is 0 Å². The smallest absolute Gasteiger partial charge is 0.317 e. The summed E-state index contributed by atoms with van der Waals surface area (Å²) in [4.78, 5) is 10.4. The molecule has 0 radical (unpaired) electrons. The average Bonchev–Trinajstić information content (AvgIpc) is 2.67. The van der Waals surface area contributed by atoms with E-state index in [-0.39, 0.29) is 11.7 Å². The Morgan fingerprint density at radius 1 is 1.33 bits per heavy atom. The lowest BCUT2D eigenvalue weighted by Gasteiger charge is -2.36. The summed E-state index contributed by atoms with van der Waals surface area (Å²) < 4.78 is 11.2. The van der Waals surface area contributed by atoms with Crippen molar-refractivity contribution in [3.63, 3.8) is 0 Å². The molecule has 0 aromatic carbocycles. The highest BCUT2D eigenvalue weighted by Gasteiger charge is 2.42. The van der Waals surface area contributed by atoms with Gasteiger partial charge < -0.3 is 14.6 Å². The largest absolute Gasteiger partial charge is 0.480 e. The van der Waals surface area contributed by atoms with E-state index in [0.717, 1.165) is 25.7 Å². The molecule has 1 aliphatic heterocycles. The van der Waals surface area contributed by atoms with E-state index in [9.17, 15) is 4.79 Å². The zero-order valence-electron chi connectivity index (χ0n) is 8.45. The van der Waals surface area contributed by atoms with Gasteiger partial charge in [-0.25, -0.2) is 0 Å². The summed E-state index contributed by atoms with van der Waals surface area (Å²) in [6.45, 7) is 1.34. The third-order valence-corrected chi connectivity index (χ3v) is 4.39. The van der Waals surface area contributed by atoms with Crippen LogP contribution in [-0.4, -0.2) is 34.9 Å². The first-order chi connectivity index (χ1) is 7.13. The second-order valence-electron chi connectivity index (χ2n) is 4.19. The highest BCUT2D eigenvalue weighted by atomic mass is 79.9.